The van der Waals surface area contributed by atoms with E-state index in [1.165, 1.54) is 0 Å². The Kier molecular flexibility index (Phi) is 6.49. The van der Waals surface area contributed by atoms with Crippen LogP contribution in [0, 0.1) is 6.92 Å². The van der Waals surface area contributed by atoms with Crippen LogP contribution in [0.1, 0.15) is 38.9 Å². The molecule has 1 unspecified atom stereocenters. The van der Waals surface area contributed by atoms with Gasteiger partial charge < -0.3 is 4.57 Å². The van der Waals surface area contributed by atoms with Crippen LogP contribution in [0.15, 0.2) is 11.2 Å². The molecule has 0 saturated heterocycles. The third-order valence-electron chi connectivity index (χ3n) is 2.79. The second-order valence-corrected chi connectivity index (χ2v) is 7.57. The van der Waals surface area contributed by atoms with Crippen LogP contribution in [0.2, 0.25) is 0 Å². The molecule has 0 aliphatic heterocycles. The van der Waals surface area contributed by atoms with Gasteiger partial charge in [-0.25, -0.2) is 18.1 Å². The fourth-order valence-electron chi connectivity index (χ4n) is 1.77. The highest BCUT2D eigenvalue weighted by molar-refractivity contribution is 9.09. The summed E-state index contributed by atoms with van der Waals surface area (Å²) >= 11 is 3.46. The number of imidazole rings is 1. The number of nitrogens with one attached hydrogen (secondary N) is 1. The van der Waals surface area contributed by atoms with E-state index in [1.54, 1.807) is 6.20 Å². The molecular formula is C12H22BrN3O2S. The molecule has 1 N–H and O–H groups in total. The number of nitrogens with zero attached hydrogens (tertiary/aromatic N) is 2. The predicted octanol–water partition coefficient (Wildman–Crippen LogP) is 2.44. The summed E-state index contributed by atoms with van der Waals surface area (Å²) in [6, 6.07) is 0. The van der Waals surface area contributed by atoms with Gasteiger partial charge in [-0.2, -0.15) is 0 Å². The zero-order valence-electron chi connectivity index (χ0n) is 11.7. The Morgan fingerprint density at radius 2 is 2.11 bits per heavy atom. The highest BCUT2D eigenvalue weighted by Crippen LogP contribution is 2.11. The van der Waals surface area contributed by atoms with Crippen molar-refractivity contribution in [3.63, 3.8) is 0 Å². The van der Waals surface area contributed by atoms with Crippen molar-refractivity contribution in [3.05, 3.63) is 12.0 Å². The number of alkyl halides is 1. The summed E-state index contributed by atoms with van der Waals surface area (Å²) in [5, 5.41) is 0.106. The third kappa shape index (κ3) is 4.89. The molecule has 1 aromatic rings. The van der Waals surface area contributed by atoms with E-state index in [2.05, 4.69) is 32.6 Å². The molecule has 0 bridgehead atoms. The summed E-state index contributed by atoms with van der Waals surface area (Å²) in [5.41, 5.74) is 0. The van der Waals surface area contributed by atoms with Gasteiger partial charge in [-0.15, -0.1) is 0 Å². The highest BCUT2D eigenvalue weighted by Gasteiger charge is 2.19. The molecule has 1 atom stereocenters. The quantitative estimate of drug-likeness (QED) is 0.731. The van der Waals surface area contributed by atoms with Crippen molar-refractivity contribution in [2.45, 2.75) is 56.4 Å². The molecule has 110 valence electrons. The molecule has 0 aliphatic carbocycles. The van der Waals surface area contributed by atoms with Gasteiger partial charge in [-0.1, -0.05) is 36.2 Å². The van der Waals surface area contributed by atoms with Crippen LogP contribution in [-0.2, 0) is 16.6 Å². The molecule has 1 aromatic heterocycles. The van der Waals surface area contributed by atoms with Gasteiger partial charge >= 0.3 is 0 Å². The van der Waals surface area contributed by atoms with Crippen molar-refractivity contribution in [2.24, 2.45) is 0 Å². The summed E-state index contributed by atoms with van der Waals surface area (Å²) in [6.07, 6.45) is 4.50. The van der Waals surface area contributed by atoms with Gasteiger partial charge in [0.2, 0.25) is 0 Å². The summed E-state index contributed by atoms with van der Waals surface area (Å²) < 4.78 is 28.7. The summed E-state index contributed by atoms with van der Waals surface area (Å²) in [4.78, 5) is 4.28. The normalized spacial score (nSPS) is 13.7. The first-order chi connectivity index (χ1) is 8.90. The van der Waals surface area contributed by atoms with Gasteiger partial charge in [0.25, 0.3) is 10.0 Å². The monoisotopic (exact) mass is 351 g/mol. The third-order valence-corrected chi connectivity index (χ3v) is 4.87. The Labute approximate surface area is 124 Å². The van der Waals surface area contributed by atoms with E-state index < -0.39 is 10.0 Å². The number of hydrogen-bond donors (Lipinski definition) is 1. The first-order valence-electron chi connectivity index (χ1n) is 6.58. The number of aryl methyl sites for hydroxylation is 2. The number of halogens is 1. The van der Waals surface area contributed by atoms with Crippen molar-refractivity contribution < 1.29 is 8.42 Å². The van der Waals surface area contributed by atoms with Crippen molar-refractivity contribution in [2.75, 3.05) is 6.54 Å². The molecule has 0 spiro atoms. The molecule has 0 saturated carbocycles. The van der Waals surface area contributed by atoms with Gasteiger partial charge in [0, 0.05) is 24.1 Å². The van der Waals surface area contributed by atoms with Crippen molar-refractivity contribution in [1.29, 1.82) is 0 Å². The fraction of sp³-hybridized carbons (Fsp3) is 0.750. The lowest BCUT2D eigenvalue weighted by Gasteiger charge is -2.09. The molecule has 0 radical (unpaired) electrons. The van der Waals surface area contributed by atoms with Crippen LogP contribution < -0.4 is 4.72 Å². The van der Waals surface area contributed by atoms with E-state index in [0.717, 1.165) is 31.6 Å². The smallest absolute Gasteiger partial charge is 0.259 e. The molecule has 0 aromatic carbocycles. The maximum atomic E-state index is 12.1. The van der Waals surface area contributed by atoms with Crippen LogP contribution in [0.3, 0.4) is 0 Å². The van der Waals surface area contributed by atoms with Gasteiger partial charge in [0.1, 0.15) is 5.82 Å². The Morgan fingerprint density at radius 1 is 1.42 bits per heavy atom. The fourth-order valence-corrected chi connectivity index (χ4v) is 3.69. The first kappa shape index (κ1) is 16.7. The summed E-state index contributed by atoms with van der Waals surface area (Å²) in [6.45, 7) is 7.10. The molecule has 0 aliphatic rings. The minimum absolute atomic E-state index is 0.106. The number of aromatic nitrogens is 2. The molecule has 0 amide bonds. The zero-order valence-corrected chi connectivity index (χ0v) is 14.1. The van der Waals surface area contributed by atoms with E-state index in [-0.39, 0.29) is 9.85 Å². The standard InChI is InChI=1S/C12H22BrN3O2S/c1-4-6-11(13)8-14-19(17,18)12-9-16(7-5-2)10(3)15-12/h9,11,14H,4-8H2,1-3H3. The van der Waals surface area contributed by atoms with E-state index in [0.29, 0.717) is 6.54 Å². The average Bonchev–Trinajstić information content (AvgIpc) is 2.71. The first-order valence-corrected chi connectivity index (χ1v) is 8.98. The van der Waals surface area contributed by atoms with Gasteiger partial charge in [-0.3, -0.25) is 0 Å². The Bertz CT molecular complexity index is 499. The summed E-state index contributed by atoms with van der Waals surface area (Å²) in [7, 11) is -3.51. The second-order valence-electron chi connectivity index (χ2n) is 4.56. The molecule has 19 heavy (non-hydrogen) atoms. The van der Waals surface area contributed by atoms with Crippen LogP contribution >= 0.6 is 15.9 Å². The molecule has 0 fully saturated rings. The molecule has 1 rings (SSSR count). The Hall–Kier alpha value is -0.400. The van der Waals surface area contributed by atoms with Crippen molar-refractivity contribution >= 4 is 26.0 Å². The maximum absolute atomic E-state index is 12.1. The highest BCUT2D eigenvalue weighted by atomic mass is 79.9. The van der Waals surface area contributed by atoms with Crippen molar-refractivity contribution in [3.8, 4) is 0 Å². The van der Waals surface area contributed by atoms with E-state index in [9.17, 15) is 8.42 Å². The Balaban J connectivity index is 2.74. The molecule has 5 nitrogen and oxygen atoms in total. The number of hydrogen-bond acceptors (Lipinski definition) is 3. The predicted molar refractivity (Wildman–Crippen MR) is 80.1 cm³/mol. The maximum Gasteiger partial charge on any atom is 0.259 e. The van der Waals surface area contributed by atoms with E-state index >= 15 is 0 Å². The largest absolute Gasteiger partial charge is 0.334 e. The van der Waals surface area contributed by atoms with Crippen LogP contribution in [0.5, 0.6) is 0 Å². The minimum atomic E-state index is -3.51. The average molecular weight is 352 g/mol. The molecule has 1 heterocycles. The lowest BCUT2D eigenvalue weighted by Crippen LogP contribution is -2.29. The molecular weight excluding hydrogens is 330 g/mol. The van der Waals surface area contributed by atoms with Gasteiger partial charge in [0.05, 0.1) is 0 Å². The second kappa shape index (κ2) is 7.40. The van der Waals surface area contributed by atoms with Crippen LogP contribution in [0.4, 0.5) is 0 Å². The SMILES string of the molecule is CCCC(Br)CNS(=O)(=O)c1cn(CCC)c(C)n1. The van der Waals surface area contributed by atoms with Gasteiger partial charge in [0.15, 0.2) is 5.03 Å². The number of rotatable bonds is 8. The van der Waals surface area contributed by atoms with Crippen LogP contribution in [0.25, 0.3) is 0 Å². The lowest BCUT2D eigenvalue weighted by molar-refractivity contribution is 0.574. The summed E-state index contributed by atoms with van der Waals surface area (Å²) in [5.74, 6) is 0.728. The zero-order chi connectivity index (χ0) is 14.5. The van der Waals surface area contributed by atoms with Gasteiger partial charge in [-0.05, 0) is 19.8 Å². The topological polar surface area (TPSA) is 64.0 Å². The number of sulfonamides is 1. The van der Waals surface area contributed by atoms with E-state index in [4.69, 9.17) is 0 Å². The van der Waals surface area contributed by atoms with Crippen LogP contribution in [-0.4, -0.2) is 29.3 Å². The van der Waals surface area contributed by atoms with E-state index in [1.807, 2.05) is 18.4 Å². The van der Waals surface area contributed by atoms with Crippen molar-refractivity contribution in [1.82, 2.24) is 14.3 Å². The Morgan fingerprint density at radius 3 is 2.68 bits per heavy atom. The molecule has 7 heteroatoms. The minimum Gasteiger partial charge on any atom is -0.334 e. The lowest BCUT2D eigenvalue weighted by atomic mass is 10.2.